The van der Waals surface area contributed by atoms with E-state index in [0.29, 0.717) is 16.6 Å². The molecule has 0 atom stereocenters. The maximum atomic E-state index is 11.9. The first kappa shape index (κ1) is 15.0. The predicted molar refractivity (Wildman–Crippen MR) is 80.2 cm³/mol. The van der Waals surface area contributed by atoms with Crippen molar-refractivity contribution < 1.29 is 4.79 Å². The molecule has 0 aromatic rings. The summed E-state index contributed by atoms with van der Waals surface area (Å²) in [5.74, 6) is 1.33. The van der Waals surface area contributed by atoms with Crippen LogP contribution >= 0.6 is 0 Å². The third-order valence-corrected chi connectivity index (χ3v) is 5.09. The minimum atomic E-state index is 0.297. The molecule has 0 aromatic heterocycles. The van der Waals surface area contributed by atoms with Crippen LogP contribution in [-0.4, -0.2) is 18.9 Å². The van der Waals surface area contributed by atoms with E-state index < -0.39 is 0 Å². The van der Waals surface area contributed by atoms with Crippen molar-refractivity contribution >= 4 is 5.78 Å². The number of hydrogen-bond donors (Lipinski definition) is 1. The zero-order valence-corrected chi connectivity index (χ0v) is 13.1. The molecular formula is C17H31NO. The van der Waals surface area contributed by atoms with E-state index in [1.54, 1.807) is 0 Å². The molecule has 1 saturated carbocycles. The van der Waals surface area contributed by atoms with Crippen molar-refractivity contribution in [3.05, 3.63) is 0 Å². The Hall–Kier alpha value is -0.370. The molecule has 1 spiro atoms. The van der Waals surface area contributed by atoms with Crippen molar-refractivity contribution in [1.29, 1.82) is 0 Å². The number of nitrogens with one attached hydrogen (secondary N) is 1. The molecule has 1 N–H and O–H groups in total. The van der Waals surface area contributed by atoms with Gasteiger partial charge < -0.3 is 5.32 Å². The molecule has 1 heterocycles. The first-order chi connectivity index (χ1) is 8.89. The Balaban J connectivity index is 1.59. The summed E-state index contributed by atoms with van der Waals surface area (Å²) in [6, 6.07) is 0. The molecule has 2 nitrogen and oxygen atoms in total. The lowest BCUT2D eigenvalue weighted by molar-refractivity contribution is -0.120. The highest BCUT2D eigenvalue weighted by Gasteiger charge is 2.43. The predicted octanol–water partition coefficient (Wildman–Crippen LogP) is 3.94. The fourth-order valence-corrected chi connectivity index (χ4v) is 3.74. The zero-order valence-electron chi connectivity index (χ0n) is 13.1. The van der Waals surface area contributed by atoms with Gasteiger partial charge in [-0.05, 0) is 68.4 Å². The van der Waals surface area contributed by atoms with Crippen molar-refractivity contribution in [3.8, 4) is 0 Å². The van der Waals surface area contributed by atoms with E-state index >= 15 is 0 Å². The first-order valence-electron chi connectivity index (χ1n) is 8.11. The van der Waals surface area contributed by atoms with Gasteiger partial charge in [0, 0.05) is 12.8 Å². The molecule has 1 saturated heterocycles. The SMILES string of the molecule is CC(C)(C)CCC(=O)CCC1CC2(CCNCC2)C1. The van der Waals surface area contributed by atoms with Crippen molar-refractivity contribution in [3.63, 3.8) is 0 Å². The molecular weight excluding hydrogens is 234 g/mol. The average Bonchev–Trinajstić information content (AvgIpc) is 2.31. The van der Waals surface area contributed by atoms with Crippen molar-refractivity contribution in [2.75, 3.05) is 13.1 Å². The normalized spacial score (nSPS) is 23.3. The highest BCUT2D eigenvalue weighted by atomic mass is 16.1. The number of ketones is 1. The third-order valence-electron chi connectivity index (χ3n) is 5.09. The van der Waals surface area contributed by atoms with Crippen LogP contribution in [0.15, 0.2) is 0 Å². The van der Waals surface area contributed by atoms with E-state index in [-0.39, 0.29) is 0 Å². The summed E-state index contributed by atoms with van der Waals surface area (Å²) in [5.41, 5.74) is 0.968. The van der Waals surface area contributed by atoms with Crippen LogP contribution in [0.4, 0.5) is 0 Å². The Labute approximate surface area is 118 Å². The second kappa shape index (κ2) is 5.95. The number of hydrogen-bond acceptors (Lipinski definition) is 2. The first-order valence-corrected chi connectivity index (χ1v) is 8.11. The van der Waals surface area contributed by atoms with Gasteiger partial charge in [-0.2, -0.15) is 0 Å². The second-order valence-electron chi connectivity index (χ2n) is 8.16. The lowest BCUT2D eigenvalue weighted by Crippen LogP contribution is -2.45. The summed E-state index contributed by atoms with van der Waals surface area (Å²) in [5, 5.41) is 3.45. The molecule has 2 fully saturated rings. The van der Waals surface area contributed by atoms with E-state index in [1.165, 1.54) is 38.8 Å². The van der Waals surface area contributed by atoms with Gasteiger partial charge in [-0.3, -0.25) is 4.79 Å². The molecule has 0 aromatic carbocycles. The summed E-state index contributed by atoms with van der Waals surface area (Å²) < 4.78 is 0. The Morgan fingerprint density at radius 1 is 1.16 bits per heavy atom. The fourth-order valence-electron chi connectivity index (χ4n) is 3.74. The maximum Gasteiger partial charge on any atom is 0.132 e. The fraction of sp³-hybridized carbons (Fsp3) is 0.941. The van der Waals surface area contributed by atoms with Gasteiger partial charge in [-0.15, -0.1) is 0 Å². The number of Topliss-reactive ketones (excluding diaryl/α,β-unsaturated/α-hetero) is 1. The molecule has 0 unspecified atom stereocenters. The minimum absolute atomic E-state index is 0.297. The summed E-state index contributed by atoms with van der Waals surface area (Å²) in [6.07, 6.45) is 9.30. The number of piperidine rings is 1. The molecule has 2 aliphatic rings. The van der Waals surface area contributed by atoms with Gasteiger partial charge in [-0.1, -0.05) is 20.8 Å². The van der Waals surface area contributed by atoms with Crippen molar-refractivity contribution in [1.82, 2.24) is 5.32 Å². The topological polar surface area (TPSA) is 29.1 Å². The van der Waals surface area contributed by atoms with E-state index in [1.807, 2.05) is 0 Å². The maximum absolute atomic E-state index is 11.9. The molecule has 19 heavy (non-hydrogen) atoms. The quantitative estimate of drug-likeness (QED) is 0.815. The number of carbonyl (C=O) groups excluding carboxylic acids is 1. The second-order valence-corrected chi connectivity index (χ2v) is 8.16. The Bertz CT molecular complexity index is 302. The molecule has 1 aliphatic carbocycles. The Morgan fingerprint density at radius 3 is 2.37 bits per heavy atom. The monoisotopic (exact) mass is 265 g/mol. The summed E-state index contributed by atoms with van der Waals surface area (Å²) in [7, 11) is 0. The van der Waals surface area contributed by atoms with E-state index in [9.17, 15) is 4.79 Å². The molecule has 0 bridgehead atoms. The van der Waals surface area contributed by atoms with Gasteiger partial charge in [0.2, 0.25) is 0 Å². The smallest absolute Gasteiger partial charge is 0.132 e. The van der Waals surface area contributed by atoms with Crippen LogP contribution in [0.25, 0.3) is 0 Å². The molecule has 0 amide bonds. The van der Waals surface area contributed by atoms with Gasteiger partial charge >= 0.3 is 0 Å². The van der Waals surface area contributed by atoms with Crippen molar-refractivity contribution in [2.45, 2.75) is 72.1 Å². The van der Waals surface area contributed by atoms with Crippen LogP contribution < -0.4 is 5.32 Å². The van der Waals surface area contributed by atoms with Gasteiger partial charge in [-0.25, -0.2) is 0 Å². The lowest BCUT2D eigenvalue weighted by Gasteiger charge is -2.50. The minimum Gasteiger partial charge on any atom is -0.317 e. The summed E-state index contributed by atoms with van der Waals surface area (Å²) >= 11 is 0. The van der Waals surface area contributed by atoms with Gasteiger partial charge in [0.1, 0.15) is 5.78 Å². The standard InChI is InChI=1S/C17H31NO/c1-16(2,3)7-6-15(19)5-4-14-12-17(13-14)8-10-18-11-9-17/h14,18H,4-13H2,1-3H3. The van der Waals surface area contributed by atoms with Crippen LogP contribution in [0.2, 0.25) is 0 Å². The Kier molecular flexibility index (Phi) is 4.70. The lowest BCUT2D eigenvalue weighted by atomic mass is 9.57. The van der Waals surface area contributed by atoms with Gasteiger partial charge in [0.25, 0.3) is 0 Å². The van der Waals surface area contributed by atoms with Crippen LogP contribution in [-0.2, 0) is 4.79 Å². The van der Waals surface area contributed by atoms with Crippen molar-refractivity contribution in [2.24, 2.45) is 16.7 Å². The zero-order chi connectivity index (χ0) is 13.9. The molecule has 110 valence electrons. The number of carbonyl (C=O) groups is 1. The molecule has 2 heteroatoms. The van der Waals surface area contributed by atoms with E-state index in [4.69, 9.17) is 0 Å². The molecule has 2 rings (SSSR count). The van der Waals surface area contributed by atoms with Crippen LogP contribution in [0.1, 0.15) is 72.1 Å². The van der Waals surface area contributed by atoms with Gasteiger partial charge in [0.15, 0.2) is 0 Å². The van der Waals surface area contributed by atoms with E-state index in [2.05, 4.69) is 26.1 Å². The van der Waals surface area contributed by atoms with Crippen LogP contribution in [0.3, 0.4) is 0 Å². The third kappa shape index (κ3) is 4.59. The Morgan fingerprint density at radius 2 is 1.79 bits per heavy atom. The van der Waals surface area contributed by atoms with Crippen LogP contribution in [0, 0.1) is 16.7 Å². The average molecular weight is 265 g/mol. The van der Waals surface area contributed by atoms with E-state index in [0.717, 1.165) is 31.6 Å². The highest BCUT2D eigenvalue weighted by Crippen LogP contribution is 2.53. The summed E-state index contributed by atoms with van der Waals surface area (Å²) in [4.78, 5) is 11.9. The molecule has 1 aliphatic heterocycles. The molecule has 0 radical (unpaired) electrons. The summed E-state index contributed by atoms with van der Waals surface area (Å²) in [6.45, 7) is 9.06. The largest absolute Gasteiger partial charge is 0.317 e. The van der Waals surface area contributed by atoms with Crippen LogP contribution in [0.5, 0.6) is 0 Å². The number of rotatable bonds is 5. The van der Waals surface area contributed by atoms with Gasteiger partial charge in [0.05, 0.1) is 0 Å². The highest BCUT2D eigenvalue weighted by molar-refractivity contribution is 5.78.